The summed E-state index contributed by atoms with van der Waals surface area (Å²) in [5.74, 6) is 0.802. The van der Waals surface area contributed by atoms with Crippen LogP contribution in [0.15, 0.2) is 47.4 Å². The molecule has 2 aromatic rings. The molecular formula is C18H21FN2O4S. The molecule has 0 unspecified atom stereocenters. The lowest BCUT2D eigenvalue weighted by atomic mass is 10.2. The lowest BCUT2D eigenvalue weighted by Gasteiger charge is -2.36. The van der Waals surface area contributed by atoms with Crippen molar-refractivity contribution in [3.8, 4) is 11.5 Å². The second-order valence-electron chi connectivity index (χ2n) is 5.89. The Morgan fingerprint density at radius 2 is 1.69 bits per heavy atom. The van der Waals surface area contributed by atoms with Crippen LogP contribution in [0.4, 0.5) is 10.1 Å². The summed E-state index contributed by atoms with van der Waals surface area (Å²) in [6.45, 7) is 1.65. The van der Waals surface area contributed by atoms with E-state index >= 15 is 0 Å². The highest BCUT2D eigenvalue weighted by Crippen LogP contribution is 2.33. The van der Waals surface area contributed by atoms with Crippen LogP contribution in [0.25, 0.3) is 0 Å². The molecule has 0 bridgehead atoms. The summed E-state index contributed by atoms with van der Waals surface area (Å²) in [6.07, 6.45) is 0. The topological polar surface area (TPSA) is 59.1 Å². The van der Waals surface area contributed by atoms with Crippen molar-refractivity contribution in [3.63, 3.8) is 0 Å². The molecule has 0 amide bonds. The zero-order chi connectivity index (χ0) is 18.7. The molecular weight excluding hydrogens is 359 g/mol. The Labute approximate surface area is 152 Å². The van der Waals surface area contributed by atoms with E-state index in [0.717, 1.165) is 11.8 Å². The van der Waals surface area contributed by atoms with Gasteiger partial charge in [-0.15, -0.1) is 0 Å². The average molecular weight is 380 g/mol. The molecule has 1 aliphatic rings. The summed E-state index contributed by atoms with van der Waals surface area (Å²) in [6, 6.07) is 10.6. The zero-order valence-corrected chi connectivity index (χ0v) is 15.5. The summed E-state index contributed by atoms with van der Waals surface area (Å²) in [5, 5.41) is 0. The maximum Gasteiger partial charge on any atom is 0.243 e. The smallest absolute Gasteiger partial charge is 0.243 e. The van der Waals surface area contributed by atoms with Crippen LogP contribution in [0.5, 0.6) is 11.5 Å². The minimum absolute atomic E-state index is 0.0204. The van der Waals surface area contributed by atoms with E-state index < -0.39 is 15.8 Å². The zero-order valence-electron chi connectivity index (χ0n) is 14.7. The highest BCUT2D eigenvalue weighted by Gasteiger charge is 2.29. The number of ether oxygens (including phenoxy) is 2. The molecule has 0 radical (unpaired) electrons. The van der Waals surface area contributed by atoms with Crippen LogP contribution < -0.4 is 14.4 Å². The summed E-state index contributed by atoms with van der Waals surface area (Å²) in [4.78, 5) is 2.04. The fourth-order valence-corrected chi connectivity index (χ4v) is 4.45. The van der Waals surface area contributed by atoms with Crippen LogP contribution >= 0.6 is 0 Å². The first kappa shape index (κ1) is 18.5. The third-order valence-electron chi connectivity index (χ3n) is 4.40. The SMILES string of the molecule is COc1ccc(N2CCN(S(=O)(=O)c3cccc(F)c3)CC2)c(OC)c1. The summed E-state index contributed by atoms with van der Waals surface area (Å²) in [7, 11) is -0.527. The van der Waals surface area contributed by atoms with Gasteiger partial charge in [0.1, 0.15) is 17.3 Å². The number of benzene rings is 2. The van der Waals surface area contributed by atoms with E-state index in [9.17, 15) is 12.8 Å². The number of rotatable bonds is 5. The molecule has 140 valence electrons. The molecule has 1 saturated heterocycles. The first-order chi connectivity index (χ1) is 12.5. The van der Waals surface area contributed by atoms with Crippen LogP contribution in [0.3, 0.4) is 0 Å². The largest absolute Gasteiger partial charge is 0.497 e. The van der Waals surface area contributed by atoms with Crippen LogP contribution in [0, 0.1) is 5.82 Å². The second kappa shape index (κ2) is 7.51. The highest BCUT2D eigenvalue weighted by atomic mass is 32.2. The number of anilines is 1. The third kappa shape index (κ3) is 3.61. The molecule has 0 N–H and O–H groups in total. The fraction of sp³-hybridized carbons (Fsp3) is 0.333. The molecule has 3 rings (SSSR count). The van der Waals surface area contributed by atoms with Crippen molar-refractivity contribution >= 4 is 15.7 Å². The van der Waals surface area contributed by atoms with Crippen LogP contribution in [0.2, 0.25) is 0 Å². The van der Waals surface area contributed by atoms with E-state index in [-0.39, 0.29) is 4.90 Å². The number of nitrogens with zero attached hydrogens (tertiary/aromatic N) is 2. The number of sulfonamides is 1. The van der Waals surface area contributed by atoms with E-state index in [4.69, 9.17) is 9.47 Å². The van der Waals surface area contributed by atoms with Gasteiger partial charge in [0.2, 0.25) is 10.0 Å². The normalized spacial score (nSPS) is 15.7. The standard InChI is InChI=1S/C18H21FN2O4S/c1-24-15-6-7-17(18(13-15)25-2)20-8-10-21(11-9-20)26(22,23)16-5-3-4-14(19)12-16/h3-7,12-13H,8-11H2,1-2H3. The van der Waals surface area contributed by atoms with Gasteiger partial charge < -0.3 is 14.4 Å². The Hall–Kier alpha value is -2.32. The van der Waals surface area contributed by atoms with Crippen molar-refractivity contribution in [3.05, 3.63) is 48.3 Å². The second-order valence-corrected chi connectivity index (χ2v) is 7.82. The quantitative estimate of drug-likeness (QED) is 0.797. The minimum atomic E-state index is -3.70. The predicted molar refractivity (Wildman–Crippen MR) is 96.9 cm³/mol. The van der Waals surface area contributed by atoms with Crippen molar-refractivity contribution in [1.82, 2.24) is 4.31 Å². The van der Waals surface area contributed by atoms with Gasteiger partial charge in [-0.25, -0.2) is 12.8 Å². The first-order valence-corrected chi connectivity index (χ1v) is 9.62. The molecule has 0 atom stereocenters. The van der Waals surface area contributed by atoms with Gasteiger partial charge in [0, 0.05) is 32.2 Å². The molecule has 26 heavy (non-hydrogen) atoms. The number of hydrogen-bond acceptors (Lipinski definition) is 5. The number of piperazine rings is 1. The molecule has 1 fully saturated rings. The predicted octanol–water partition coefficient (Wildman–Crippen LogP) is 2.35. The minimum Gasteiger partial charge on any atom is -0.497 e. The molecule has 6 nitrogen and oxygen atoms in total. The van der Waals surface area contributed by atoms with Crippen molar-refractivity contribution in [1.29, 1.82) is 0 Å². The number of methoxy groups -OCH3 is 2. The fourth-order valence-electron chi connectivity index (χ4n) is 2.99. The van der Waals surface area contributed by atoms with Gasteiger partial charge >= 0.3 is 0 Å². The Morgan fingerprint density at radius 1 is 0.962 bits per heavy atom. The van der Waals surface area contributed by atoms with E-state index in [1.807, 2.05) is 12.1 Å². The van der Waals surface area contributed by atoms with Crippen molar-refractivity contribution < 1.29 is 22.3 Å². The van der Waals surface area contributed by atoms with E-state index in [1.54, 1.807) is 20.3 Å². The Bertz CT molecular complexity index is 881. The Morgan fingerprint density at radius 3 is 2.31 bits per heavy atom. The lowest BCUT2D eigenvalue weighted by molar-refractivity contribution is 0.375. The maximum absolute atomic E-state index is 13.4. The van der Waals surface area contributed by atoms with Gasteiger partial charge in [0.25, 0.3) is 0 Å². The van der Waals surface area contributed by atoms with Crippen molar-refractivity contribution in [2.45, 2.75) is 4.90 Å². The van der Waals surface area contributed by atoms with E-state index in [1.165, 1.54) is 22.5 Å². The first-order valence-electron chi connectivity index (χ1n) is 8.18. The van der Waals surface area contributed by atoms with Gasteiger partial charge in [0.05, 0.1) is 24.8 Å². The monoisotopic (exact) mass is 380 g/mol. The molecule has 1 heterocycles. The van der Waals surface area contributed by atoms with Gasteiger partial charge in [-0.1, -0.05) is 6.07 Å². The molecule has 0 aliphatic carbocycles. The average Bonchev–Trinajstić information content (AvgIpc) is 2.67. The van der Waals surface area contributed by atoms with Crippen LogP contribution in [0.1, 0.15) is 0 Å². The van der Waals surface area contributed by atoms with E-state index in [2.05, 4.69) is 4.90 Å². The van der Waals surface area contributed by atoms with Gasteiger partial charge in [-0.05, 0) is 30.3 Å². The van der Waals surface area contributed by atoms with Crippen LogP contribution in [-0.4, -0.2) is 53.1 Å². The number of halogens is 1. The number of hydrogen-bond donors (Lipinski definition) is 0. The molecule has 0 saturated carbocycles. The summed E-state index contributed by atoms with van der Waals surface area (Å²) in [5.41, 5.74) is 0.885. The van der Waals surface area contributed by atoms with Gasteiger partial charge in [-0.3, -0.25) is 0 Å². The van der Waals surface area contributed by atoms with Crippen LogP contribution in [-0.2, 0) is 10.0 Å². The maximum atomic E-state index is 13.4. The van der Waals surface area contributed by atoms with Gasteiger partial charge in [-0.2, -0.15) is 4.31 Å². The molecule has 2 aromatic carbocycles. The van der Waals surface area contributed by atoms with Crippen molar-refractivity contribution in [2.75, 3.05) is 45.3 Å². The molecule has 1 aliphatic heterocycles. The lowest BCUT2D eigenvalue weighted by Crippen LogP contribution is -2.48. The molecule has 8 heteroatoms. The Kier molecular flexibility index (Phi) is 5.33. The summed E-state index contributed by atoms with van der Waals surface area (Å²) >= 11 is 0. The molecule has 0 spiro atoms. The Balaban J connectivity index is 1.75. The summed E-state index contributed by atoms with van der Waals surface area (Å²) < 4.78 is 50.8. The third-order valence-corrected chi connectivity index (χ3v) is 6.29. The van der Waals surface area contributed by atoms with E-state index in [0.29, 0.717) is 37.7 Å². The van der Waals surface area contributed by atoms with Crippen molar-refractivity contribution in [2.24, 2.45) is 0 Å². The van der Waals surface area contributed by atoms with Gasteiger partial charge in [0.15, 0.2) is 0 Å². The highest BCUT2D eigenvalue weighted by molar-refractivity contribution is 7.89. The molecule has 0 aromatic heterocycles.